The number of amides is 3. The van der Waals surface area contributed by atoms with Crippen LogP contribution in [0.4, 0.5) is 15.8 Å². The highest BCUT2D eigenvalue weighted by Crippen LogP contribution is 2.11. The van der Waals surface area contributed by atoms with Crippen LogP contribution in [-0.2, 0) is 20.8 Å². The van der Waals surface area contributed by atoms with Gasteiger partial charge in [-0.2, -0.15) is 0 Å². The zero-order valence-electron chi connectivity index (χ0n) is 14.6. The van der Waals surface area contributed by atoms with Gasteiger partial charge in [0.2, 0.25) is 17.7 Å². The summed E-state index contributed by atoms with van der Waals surface area (Å²) in [5.41, 5.74) is 1.75. The molecule has 0 spiro atoms. The lowest BCUT2D eigenvalue weighted by molar-refractivity contribution is -0.132. The number of hydrogen-bond acceptors (Lipinski definition) is 3. The lowest BCUT2D eigenvalue weighted by Gasteiger charge is -2.17. The van der Waals surface area contributed by atoms with Crippen molar-refractivity contribution in [1.82, 2.24) is 4.90 Å². The van der Waals surface area contributed by atoms with Crippen LogP contribution in [0.25, 0.3) is 0 Å². The standard InChI is InChI=1S/C19H20FN3O3/c1-13(24)21-16-8-6-14(7-9-16)10-19(26)23(2)12-18(25)22-17-5-3-4-15(20)11-17/h3-9,11H,10,12H2,1-2H3,(H,21,24)(H,22,25). The van der Waals surface area contributed by atoms with Crippen LogP contribution < -0.4 is 10.6 Å². The molecule has 0 heterocycles. The Kier molecular flexibility index (Phi) is 6.43. The third-order valence-corrected chi connectivity index (χ3v) is 3.54. The van der Waals surface area contributed by atoms with Crippen LogP contribution in [0.1, 0.15) is 12.5 Å². The summed E-state index contributed by atoms with van der Waals surface area (Å²) >= 11 is 0. The Labute approximate surface area is 151 Å². The molecular formula is C19H20FN3O3. The topological polar surface area (TPSA) is 78.5 Å². The lowest BCUT2D eigenvalue weighted by atomic mass is 10.1. The van der Waals surface area contributed by atoms with Crippen LogP contribution in [0.5, 0.6) is 0 Å². The number of rotatable bonds is 6. The number of anilines is 2. The fraction of sp³-hybridized carbons (Fsp3) is 0.211. The summed E-state index contributed by atoms with van der Waals surface area (Å²) in [4.78, 5) is 36.5. The van der Waals surface area contributed by atoms with Crippen LogP contribution in [0, 0.1) is 5.82 Å². The first-order chi connectivity index (χ1) is 12.3. The SMILES string of the molecule is CC(=O)Nc1ccc(CC(=O)N(C)CC(=O)Nc2cccc(F)c2)cc1. The van der Waals surface area contributed by atoms with E-state index in [0.29, 0.717) is 11.4 Å². The van der Waals surface area contributed by atoms with Crippen LogP contribution in [0.2, 0.25) is 0 Å². The number of hydrogen-bond donors (Lipinski definition) is 2. The molecule has 2 aromatic rings. The first kappa shape index (κ1) is 19.1. The van der Waals surface area contributed by atoms with Crippen molar-refractivity contribution in [3.63, 3.8) is 0 Å². The second-order valence-corrected chi connectivity index (χ2v) is 5.86. The van der Waals surface area contributed by atoms with E-state index in [-0.39, 0.29) is 24.8 Å². The van der Waals surface area contributed by atoms with Crippen molar-refractivity contribution in [2.24, 2.45) is 0 Å². The molecule has 0 bridgehead atoms. The van der Waals surface area contributed by atoms with Gasteiger partial charge in [-0.1, -0.05) is 18.2 Å². The maximum atomic E-state index is 13.1. The largest absolute Gasteiger partial charge is 0.336 e. The molecule has 0 unspecified atom stereocenters. The number of benzene rings is 2. The number of nitrogens with zero attached hydrogens (tertiary/aromatic N) is 1. The predicted molar refractivity (Wildman–Crippen MR) is 97.1 cm³/mol. The average Bonchev–Trinajstić information content (AvgIpc) is 2.56. The molecule has 0 atom stereocenters. The van der Waals surface area contributed by atoms with E-state index in [9.17, 15) is 18.8 Å². The Bertz CT molecular complexity index is 806. The third kappa shape index (κ3) is 6.01. The van der Waals surface area contributed by atoms with Crippen molar-refractivity contribution in [2.45, 2.75) is 13.3 Å². The van der Waals surface area contributed by atoms with Gasteiger partial charge in [0.1, 0.15) is 5.82 Å². The molecule has 26 heavy (non-hydrogen) atoms. The van der Waals surface area contributed by atoms with Crippen LogP contribution in [0.3, 0.4) is 0 Å². The zero-order valence-corrected chi connectivity index (χ0v) is 14.6. The molecule has 0 saturated carbocycles. The van der Waals surface area contributed by atoms with E-state index in [1.54, 1.807) is 30.3 Å². The van der Waals surface area contributed by atoms with E-state index < -0.39 is 11.7 Å². The molecule has 2 rings (SSSR count). The normalized spacial score (nSPS) is 10.1. The summed E-state index contributed by atoms with van der Waals surface area (Å²) in [6.07, 6.45) is 0.129. The molecule has 136 valence electrons. The van der Waals surface area contributed by atoms with E-state index in [1.807, 2.05) is 0 Å². The van der Waals surface area contributed by atoms with Crippen molar-refractivity contribution in [1.29, 1.82) is 0 Å². The average molecular weight is 357 g/mol. The minimum absolute atomic E-state index is 0.129. The number of likely N-dealkylation sites (N-methyl/N-ethyl adjacent to an activating group) is 1. The first-order valence-corrected chi connectivity index (χ1v) is 7.99. The molecule has 6 nitrogen and oxygen atoms in total. The molecule has 0 aliphatic rings. The van der Waals surface area contributed by atoms with Crippen molar-refractivity contribution in [3.05, 3.63) is 59.9 Å². The van der Waals surface area contributed by atoms with Crippen molar-refractivity contribution >= 4 is 29.1 Å². The fourth-order valence-electron chi connectivity index (χ4n) is 2.29. The molecule has 2 aromatic carbocycles. The van der Waals surface area contributed by atoms with Gasteiger partial charge in [-0.15, -0.1) is 0 Å². The van der Waals surface area contributed by atoms with Gasteiger partial charge in [-0.3, -0.25) is 14.4 Å². The summed E-state index contributed by atoms with van der Waals surface area (Å²) in [7, 11) is 1.53. The molecule has 7 heteroatoms. The Hall–Kier alpha value is -3.22. The Balaban J connectivity index is 1.86. The molecule has 0 radical (unpaired) electrons. The molecule has 0 aliphatic carbocycles. The van der Waals surface area contributed by atoms with Gasteiger partial charge < -0.3 is 15.5 Å². The Morgan fingerprint density at radius 2 is 1.69 bits per heavy atom. The van der Waals surface area contributed by atoms with E-state index in [1.165, 1.54) is 37.1 Å². The monoisotopic (exact) mass is 357 g/mol. The number of carbonyl (C=O) groups excluding carboxylic acids is 3. The number of nitrogens with one attached hydrogen (secondary N) is 2. The fourth-order valence-corrected chi connectivity index (χ4v) is 2.29. The molecule has 0 aliphatic heterocycles. The highest BCUT2D eigenvalue weighted by atomic mass is 19.1. The van der Waals surface area contributed by atoms with Gasteiger partial charge in [0.25, 0.3) is 0 Å². The van der Waals surface area contributed by atoms with Crippen LogP contribution >= 0.6 is 0 Å². The van der Waals surface area contributed by atoms with Gasteiger partial charge in [-0.25, -0.2) is 4.39 Å². The van der Waals surface area contributed by atoms with Gasteiger partial charge >= 0.3 is 0 Å². The Morgan fingerprint density at radius 1 is 1.00 bits per heavy atom. The second-order valence-electron chi connectivity index (χ2n) is 5.86. The molecule has 2 N–H and O–H groups in total. The molecule has 3 amide bonds. The van der Waals surface area contributed by atoms with Gasteiger partial charge in [0, 0.05) is 25.3 Å². The molecular weight excluding hydrogens is 337 g/mol. The molecule has 0 fully saturated rings. The van der Waals surface area contributed by atoms with E-state index in [4.69, 9.17) is 0 Å². The van der Waals surface area contributed by atoms with Crippen LogP contribution in [-0.4, -0.2) is 36.2 Å². The summed E-state index contributed by atoms with van der Waals surface area (Å²) < 4.78 is 13.1. The number of carbonyl (C=O) groups is 3. The summed E-state index contributed by atoms with van der Waals surface area (Å²) in [5, 5.41) is 5.19. The van der Waals surface area contributed by atoms with Crippen molar-refractivity contribution < 1.29 is 18.8 Å². The van der Waals surface area contributed by atoms with Crippen molar-refractivity contribution in [3.8, 4) is 0 Å². The van der Waals surface area contributed by atoms with Gasteiger partial charge in [0.05, 0.1) is 13.0 Å². The smallest absolute Gasteiger partial charge is 0.243 e. The maximum absolute atomic E-state index is 13.1. The van der Waals surface area contributed by atoms with Gasteiger partial charge in [0.15, 0.2) is 0 Å². The van der Waals surface area contributed by atoms with E-state index >= 15 is 0 Å². The third-order valence-electron chi connectivity index (χ3n) is 3.54. The van der Waals surface area contributed by atoms with Crippen LogP contribution in [0.15, 0.2) is 48.5 Å². The zero-order chi connectivity index (χ0) is 19.1. The number of halogens is 1. The summed E-state index contributed by atoms with van der Waals surface area (Å²) in [5.74, 6) is -1.26. The minimum Gasteiger partial charge on any atom is -0.336 e. The van der Waals surface area contributed by atoms with Gasteiger partial charge in [-0.05, 0) is 35.9 Å². The lowest BCUT2D eigenvalue weighted by Crippen LogP contribution is -2.35. The van der Waals surface area contributed by atoms with E-state index in [2.05, 4.69) is 10.6 Å². The van der Waals surface area contributed by atoms with Crippen molar-refractivity contribution in [2.75, 3.05) is 24.2 Å². The summed E-state index contributed by atoms with van der Waals surface area (Å²) in [6, 6.07) is 12.4. The maximum Gasteiger partial charge on any atom is 0.243 e. The van der Waals surface area contributed by atoms with E-state index in [0.717, 1.165) is 5.56 Å². The first-order valence-electron chi connectivity index (χ1n) is 7.99. The second kappa shape index (κ2) is 8.75. The minimum atomic E-state index is -0.449. The molecule has 0 saturated heterocycles. The predicted octanol–water partition coefficient (Wildman–Crippen LogP) is 2.42. The quantitative estimate of drug-likeness (QED) is 0.833. The highest BCUT2D eigenvalue weighted by molar-refractivity contribution is 5.94. The Morgan fingerprint density at radius 3 is 2.31 bits per heavy atom. The summed E-state index contributed by atoms with van der Waals surface area (Å²) in [6.45, 7) is 1.28. The molecule has 0 aromatic heterocycles. The highest BCUT2D eigenvalue weighted by Gasteiger charge is 2.14.